The number of aliphatic hydroxyl groups excluding tert-OH is 1. The zero-order chi connectivity index (χ0) is 13.8. The van der Waals surface area contributed by atoms with Gasteiger partial charge in [0.2, 0.25) is 0 Å². The van der Waals surface area contributed by atoms with Crippen LogP contribution >= 0.6 is 11.6 Å². The second kappa shape index (κ2) is 6.62. The summed E-state index contributed by atoms with van der Waals surface area (Å²) in [6.45, 7) is 4.94. The van der Waals surface area contributed by atoms with Gasteiger partial charge in [0, 0.05) is 12.6 Å². The van der Waals surface area contributed by atoms with Crippen molar-refractivity contribution < 1.29 is 5.11 Å². The van der Waals surface area contributed by atoms with Crippen molar-refractivity contribution in [2.75, 3.05) is 11.4 Å². The highest BCUT2D eigenvalue weighted by molar-refractivity contribution is 6.33. The Kier molecular flexibility index (Phi) is 5.12. The molecule has 1 fully saturated rings. The summed E-state index contributed by atoms with van der Waals surface area (Å²) < 4.78 is 0. The van der Waals surface area contributed by atoms with Gasteiger partial charge in [-0.25, -0.2) is 0 Å². The lowest BCUT2D eigenvalue weighted by Gasteiger charge is -2.36. The standard InChI is InChI=1S/C16H24ClNO/c1-3-18(14-7-5-4-6-8-14)16-10-9-13(12(2)19)11-15(16)17/h9-12,14,19H,3-8H2,1-2H3/t12-/m0/s1. The van der Waals surface area contributed by atoms with Gasteiger partial charge in [-0.3, -0.25) is 0 Å². The summed E-state index contributed by atoms with van der Waals surface area (Å²) >= 11 is 6.41. The summed E-state index contributed by atoms with van der Waals surface area (Å²) in [7, 11) is 0. The van der Waals surface area contributed by atoms with Gasteiger partial charge in [-0.15, -0.1) is 0 Å². The van der Waals surface area contributed by atoms with Crippen molar-refractivity contribution in [3.63, 3.8) is 0 Å². The zero-order valence-corrected chi connectivity index (χ0v) is 12.7. The maximum absolute atomic E-state index is 9.61. The fraction of sp³-hybridized carbons (Fsp3) is 0.625. The van der Waals surface area contributed by atoms with Gasteiger partial charge in [0.05, 0.1) is 16.8 Å². The van der Waals surface area contributed by atoms with Gasteiger partial charge in [-0.05, 0) is 44.4 Å². The first-order valence-corrected chi connectivity index (χ1v) is 7.75. The highest BCUT2D eigenvalue weighted by Crippen LogP contribution is 2.33. The van der Waals surface area contributed by atoms with Crippen molar-refractivity contribution in [2.24, 2.45) is 0 Å². The van der Waals surface area contributed by atoms with E-state index in [2.05, 4.69) is 17.9 Å². The van der Waals surface area contributed by atoms with Crippen molar-refractivity contribution in [2.45, 2.75) is 58.1 Å². The highest BCUT2D eigenvalue weighted by atomic mass is 35.5. The second-order valence-electron chi connectivity index (χ2n) is 5.46. The first kappa shape index (κ1) is 14.7. The van der Waals surface area contributed by atoms with Crippen molar-refractivity contribution >= 4 is 17.3 Å². The van der Waals surface area contributed by atoms with Gasteiger partial charge in [0.15, 0.2) is 0 Å². The monoisotopic (exact) mass is 281 g/mol. The predicted molar refractivity (Wildman–Crippen MR) is 82.0 cm³/mol. The van der Waals surface area contributed by atoms with Gasteiger partial charge in [-0.1, -0.05) is 36.9 Å². The van der Waals surface area contributed by atoms with Crippen LogP contribution < -0.4 is 4.90 Å². The number of hydrogen-bond acceptors (Lipinski definition) is 2. The number of hydrogen-bond donors (Lipinski definition) is 1. The Labute approximate surface area is 121 Å². The minimum Gasteiger partial charge on any atom is -0.389 e. The van der Waals surface area contributed by atoms with E-state index in [-0.39, 0.29) is 0 Å². The van der Waals surface area contributed by atoms with Crippen molar-refractivity contribution in [3.05, 3.63) is 28.8 Å². The molecule has 2 nitrogen and oxygen atoms in total. The Bertz CT molecular complexity index is 413. The largest absolute Gasteiger partial charge is 0.389 e. The van der Waals surface area contributed by atoms with E-state index < -0.39 is 6.10 Å². The topological polar surface area (TPSA) is 23.5 Å². The zero-order valence-electron chi connectivity index (χ0n) is 11.9. The molecule has 0 heterocycles. The first-order valence-electron chi connectivity index (χ1n) is 7.37. The molecule has 1 aromatic carbocycles. The third-order valence-electron chi connectivity index (χ3n) is 4.12. The maximum Gasteiger partial charge on any atom is 0.0762 e. The molecule has 1 aromatic rings. The number of halogens is 1. The highest BCUT2D eigenvalue weighted by Gasteiger charge is 2.22. The van der Waals surface area contributed by atoms with Crippen LogP contribution in [0.15, 0.2) is 18.2 Å². The van der Waals surface area contributed by atoms with Crippen LogP contribution in [0.4, 0.5) is 5.69 Å². The molecule has 0 aromatic heterocycles. The van der Waals surface area contributed by atoms with Crippen LogP contribution in [-0.4, -0.2) is 17.7 Å². The molecule has 1 aliphatic carbocycles. The van der Waals surface area contributed by atoms with Gasteiger partial charge < -0.3 is 10.0 Å². The third-order valence-corrected chi connectivity index (χ3v) is 4.42. The molecule has 1 aliphatic rings. The molecule has 0 spiro atoms. The van der Waals surface area contributed by atoms with E-state index in [1.54, 1.807) is 6.92 Å². The maximum atomic E-state index is 9.61. The first-order chi connectivity index (χ1) is 9.13. The fourth-order valence-corrected chi connectivity index (χ4v) is 3.33. The molecule has 0 bridgehead atoms. The Morgan fingerprint density at radius 1 is 1.32 bits per heavy atom. The van der Waals surface area contributed by atoms with Crippen LogP contribution in [0, 0.1) is 0 Å². The molecule has 2 rings (SSSR count). The number of aliphatic hydroxyl groups is 1. The number of nitrogens with zero attached hydrogens (tertiary/aromatic N) is 1. The summed E-state index contributed by atoms with van der Waals surface area (Å²) in [4.78, 5) is 2.42. The van der Waals surface area contributed by atoms with Gasteiger partial charge >= 0.3 is 0 Å². The molecule has 0 radical (unpaired) electrons. The summed E-state index contributed by atoms with van der Waals surface area (Å²) in [5.41, 5.74) is 1.99. The summed E-state index contributed by atoms with van der Waals surface area (Å²) in [6.07, 6.45) is 6.08. The number of rotatable bonds is 4. The van der Waals surface area contributed by atoms with E-state index in [4.69, 9.17) is 11.6 Å². The third kappa shape index (κ3) is 3.43. The second-order valence-corrected chi connectivity index (χ2v) is 5.87. The minimum atomic E-state index is -0.462. The molecule has 0 saturated heterocycles. The minimum absolute atomic E-state index is 0.462. The van der Waals surface area contributed by atoms with Crippen molar-refractivity contribution in [3.8, 4) is 0 Å². The summed E-state index contributed by atoms with van der Waals surface area (Å²) in [5, 5.41) is 10.4. The lowest BCUT2D eigenvalue weighted by molar-refractivity contribution is 0.199. The fourth-order valence-electron chi connectivity index (χ4n) is 3.03. The van der Waals surface area contributed by atoms with E-state index >= 15 is 0 Å². The van der Waals surface area contributed by atoms with Gasteiger partial charge in [-0.2, -0.15) is 0 Å². The van der Waals surface area contributed by atoms with Crippen molar-refractivity contribution in [1.82, 2.24) is 0 Å². The van der Waals surface area contributed by atoms with Crippen LogP contribution in [0.25, 0.3) is 0 Å². The average Bonchev–Trinajstić information content (AvgIpc) is 2.42. The van der Waals surface area contributed by atoms with Gasteiger partial charge in [0.25, 0.3) is 0 Å². The van der Waals surface area contributed by atoms with Crippen LogP contribution in [0.1, 0.15) is 57.6 Å². The molecular weight excluding hydrogens is 258 g/mol. The molecular formula is C16H24ClNO. The normalized spacial score (nSPS) is 18.3. The van der Waals surface area contributed by atoms with Crippen LogP contribution in [0.3, 0.4) is 0 Å². The number of benzene rings is 1. The van der Waals surface area contributed by atoms with Crippen LogP contribution in [0.5, 0.6) is 0 Å². The molecule has 0 aliphatic heterocycles. The van der Waals surface area contributed by atoms with E-state index in [0.29, 0.717) is 6.04 Å². The SMILES string of the molecule is CCN(c1ccc([C@H](C)O)cc1Cl)C1CCCCC1. The Hall–Kier alpha value is -0.730. The Morgan fingerprint density at radius 3 is 2.53 bits per heavy atom. The quantitative estimate of drug-likeness (QED) is 0.875. The van der Waals surface area contributed by atoms with E-state index in [1.807, 2.05) is 12.1 Å². The summed E-state index contributed by atoms with van der Waals surface area (Å²) in [6, 6.07) is 6.56. The van der Waals surface area contributed by atoms with Crippen molar-refractivity contribution in [1.29, 1.82) is 0 Å². The van der Waals surface area contributed by atoms with Crippen LogP contribution in [0.2, 0.25) is 5.02 Å². The van der Waals surface area contributed by atoms with E-state index in [9.17, 15) is 5.11 Å². The summed E-state index contributed by atoms with van der Waals surface area (Å²) in [5.74, 6) is 0. The predicted octanol–water partition coefficient (Wildman–Crippen LogP) is 4.55. The van der Waals surface area contributed by atoms with E-state index in [0.717, 1.165) is 22.8 Å². The molecule has 1 atom stereocenters. The molecule has 19 heavy (non-hydrogen) atoms. The number of anilines is 1. The Balaban J connectivity index is 2.22. The molecule has 1 N–H and O–H groups in total. The molecule has 3 heteroatoms. The lowest BCUT2D eigenvalue weighted by atomic mass is 9.93. The lowest BCUT2D eigenvalue weighted by Crippen LogP contribution is -2.36. The molecule has 106 valence electrons. The average molecular weight is 282 g/mol. The molecule has 0 unspecified atom stereocenters. The smallest absolute Gasteiger partial charge is 0.0762 e. The Morgan fingerprint density at radius 2 is 2.00 bits per heavy atom. The van der Waals surface area contributed by atoms with E-state index in [1.165, 1.54) is 32.1 Å². The van der Waals surface area contributed by atoms with Gasteiger partial charge in [0.1, 0.15) is 0 Å². The van der Waals surface area contributed by atoms with Crippen LogP contribution in [-0.2, 0) is 0 Å². The molecule has 1 saturated carbocycles. The molecule has 0 amide bonds.